The fourth-order valence-electron chi connectivity index (χ4n) is 2.02. The quantitative estimate of drug-likeness (QED) is 0.569. The van der Waals surface area contributed by atoms with Gasteiger partial charge >= 0.3 is 5.69 Å². The molecule has 2 rings (SSSR count). The summed E-state index contributed by atoms with van der Waals surface area (Å²) in [6, 6.07) is 1.48. The van der Waals surface area contributed by atoms with Crippen LogP contribution in [0.15, 0.2) is 17.1 Å². The van der Waals surface area contributed by atoms with Crippen LogP contribution >= 0.6 is 0 Å². The molecule has 4 N–H and O–H groups in total. The maximum absolute atomic E-state index is 11.7. The van der Waals surface area contributed by atoms with Crippen LogP contribution in [0.5, 0.6) is 0 Å². The van der Waals surface area contributed by atoms with Crippen LogP contribution in [0.1, 0.15) is 6.92 Å². The fourth-order valence-corrected chi connectivity index (χ4v) is 2.02. The third-order valence-electron chi connectivity index (χ3n) is 3.13. The van der Waals surface area contributed by atoms with Crippen LogP contribution < -0.4 is 11.4 Å². The molecule has 0 unspecified atom stereocenters. The predicted molar refractivity (Wildman–Crippen MR) is 59.4 cm³/mol. The minimum atomic E-state index is -0.976. The molecule has 7 nitrogen and oxygen atoms in total. The lowest BCUT2D eigenvalue weighted by Crippen LogP contribution is -2.49. The monoisotopic (exact) mass is 241 g/mol. The number of rotatable bonds is 2. The number of nitrogens with two attached hydrogens (primary N) is 1. The fraction of sp³-hybridized carbons (Fsp3) is 0.600. The molecule has 7 heteroatoms. The van der Waals surface area contributed by atoms with Crippen LogP contribution in [0.4, 0.5) is 5.82 Å². The molecule has 1 aliphatic heterocycles. The van der Waals surface area contributed by atoms with Crippen LogP contribution in [-0.2, 0) is 10.3 Å². The number of hydrogen-bond acceptors (Lipinski definition) is 6. The van der Waals surface area contributed by atoms with Gasteiger partial charge in [0.15, 0.2) is 0 Å². The largest absolute Gasteiger partial charge is 0.394 e. The smallest absolute Gasteiger partial charge is 0.350 e. The molecule has 0 bridgehead atoms. The second-order valence-electron chi connectivity index (χ2n) is 4.34. The topological polar surface area (TPSA) is 111 Å². The summed E-state index contributed by atoms with van der Waals surface area (Å²) >= 11 is 0. The van der Waals surface area contributed by atoms with Crippen molar-refractivity contribution in [3.8, 4) is 0 Å². The SMILES string of the molecule is C[C@]1(n2ccc(N)nc2=O)CO[C@H](CO)[C@H]1O. The van der Waals surface area contributed by atoms with Gasteiger partial charge in [0.2, 0.25) is 0 Å². The van der Waals surface area contributed by atoms with Crippen molar-refractivity contribution >= 4 is 5.82 Å². The van der Waals surface area contributed by atoms with Crippen molar-refractivity contribution in [3.63, 3.8) is 0 Å². The Morgan fingerprint density at radius 3 is 3.00 bits per heavy atom. The van der Waals surface area contributed by atoms with E-state index in [0.717, 1.165) is 0 Å². The molecule has 0 amide bonds. The average Bonchev–Trinajstić information content (AvgIpc) is 2.56. The summed E-state index contributed by atoms with van der Waals surface area (Å²) in [5, 5.41) is 19.1. The zero-order valence-corrected chi connectivity index (χ0v) is 9.41. The molecule has 1 aromatic heterocycles. The second-order valence-corrected chi connectivity index (χ2v) is 4.34. The third kappa shape index (κ3) is 1.82. The van der Waals surface area contributed by atoms with E-state index in [2.05, 4.69) is 4.98 Å². The number of aliphatic hydroxyl groups is 2. The van der Waals surface area contributed by atoms with E-state index < -0.39 is 23.4 Å². The van der Waals surface area contributed by atoms with Crippen molar-refractivity contribution in [1.82, 2.24) is 9.55 Å². The highest BCUT2D eigenvalue weighted by Crippen LogP contribution is 2.30. The Morgan fingerprint density at radius 2 is 2.47 bits per heavy atom. The second kappa shape index (κ2) is 4.10. The Balaban J connectivity index is 2.42. The van der Waals surface area contributed by atoms with E-state index in [-0.39, 0.29) is 19.0 Å². The van der Waals surface area contributed by atoms with E-state index in [4.69, 9.17) is 15.6 Å². The maximum Gasteiger partial charge on any atom is 0.350 e. The van der Waals surface area contributed by atoms with Gasteiger partial charge in [-0.15, -0.1) is 0 Å². The molecule has 0 spiro atoms. The molecule has 17 heavy (non-hydrogen) atoms. The van der Waals surface area contributed by atoms with Crippen LogP contribution in [-0.4, -0.2) is 45.2 Å². The molecule has 94 valence electrons. The van der Waals surface area contributed by atoms with Gasteiger partial charge in [0, 0.05) is 6.20 Å². The Morgan fingerprint density at radius 1 is 1.76 bits per heavy atom. The summed E-state index contributed by atoms with van der Waals surface area (Å²) < 4.78 is 6.53. The molecule has 1 aromatic rings. The number of hydrogen-bond donors (Lipinski definition) is 3. The summed E-state index contributed by atoms with van der Waals surface area (Å²) in [4.78, 5) is 15.3. The Hall–Kier alpha value is -1.44. The zero-order valence-electron chi connectivity index (χ0n) is 9.41. The van der Waals surface area contributed by atoms with Gasteiger partial charge in [0.25, 0.3) is 0 Å². The van der Waals surface area contributed by atoms with E-state index in [1.807, 2.05) is 0 Å². The lowest BCUT2D eigenvalue weighted by molar-refractivity contribution is -0.00352. The minimum absolute atomic E-state index is 0.127. The van der Waals surface area contributed by atoms with Crippen molar-refractivity contribution in [2.24, 2.45) is 0 Å². The summed E-state index contributed by atoms with van der Waals surface area (Å²) in [6.07, 6.45) is -0.197. The van der Waals surface area contributed by atoms with Gasteiger partial charge in [-0.05, 0) is 13.0 Å². The van der Waals surface area contributed by atoms with Gasteiger partial charge in [0.05, 0.1) is 18.8 Å². The molecule has 0 aliphatic carbocycles. The first-order valence-electron chi connectivity index (χ1n) is 5.25. The van der Waals surface area contributed by atoms with E-state index >= 15 is 0 Å². The first-order chi connectivity index (χ1) is 7.99. The zero-order chi connectivity index (χ0) is 12.6. The molecule has 3 atom stereocenters. The Labute approximate surface area is 97.5 Å². The average molecular weight is 241 g/mol. The third-order valence-corrected chi connectivity index (χ3v) is 3.13. The van der Waals surface area contributed by atoms with E-state index in [9.17, 15) is 9.90 Å². The summed E-state index contributed by atoms with van der Waals surface area (Å²) in [7, 11) is 0. The van der Waals surface area contributed by atoms with Gasteiger partial charge in [-0.2, -0.15) is 4.98 Å². The van der Waals surface area contributed by atoms with Crippen molar-refractivity contribution < 1.29 is 14.9 Å². The maximum atomic E-state index is 11.7. The minimum Gasteiger partial charge on any atom is -0.394 e. The van der Waals surface area contributed by atoms with Crippen molar-refractivity contribution in [3.05, 3.63) is 22.7 Å². The molecular formula is C10H15N3O4. The molecule has 1 saturated heterocycles. The normalized spacial score (nSPS) is 32.9. The first-order valence-corrected chi connectivity index (χ1v) is 5.25. The van der Waals surface area contributed by atoms with Crippen molar-refractivity contribution in [2.45, 2.75) is 24.7 Å². The molecule has 0 aromatic carbocycles. The van der Waals surface area contributed by atoms with Gasteiger partial charge in [-0.1, -0.05) is 0 Å². The first kappa shape index (κ1) is 12.0. The number of nitrogen functional groups attached to an aromatic ring is 1. The van der Waals surface area contributed by atoms with Crippen LogP contribution in [0.2, 0.25) is 0 Å². The van der Waals surface area contributed by atoms with E-state index in [0.29, 0.717) is 0 Å². The lowest BCUT2D eigenvalue weighted by atomic mass is 9.94. The number of aliphatic hydroxyl groups excluding tert-OH is 2. The predicted octanol–water partition coefficient (Wildman–Crippen LogP) is -1.71. The van der Waals surface area contributed by atoms with Crippen molar-refractivity contribution in [2.75, 3.05) is 18.9 Å². The van der Waals surface area contributed by atoms with Gasteiger partial charge in [0.1, 0.15) is 18.0 Å². The molecule has 2 heterocycles. The summed E-state index contributed by atoms with van der Waals surface area (Å²) in [5.41, 5.74) is 3.91. The molecule has 0 radical (unpaired) electrons. The van der Waals surface area contributed by atoms with E-state index in [1.165, 1.54) is 16.8 Å². The van der Waals surface area contributed by atoms with Crippen LogP contribution in [0, 0.1) is 0 Å². The summed E-state index contributed by atoms with van der Waals surface area (Å²) in [5.74, 6) is 0.127. The number of anilines is 1. The van der Waals surface area contributed by atoms with Gasteiger partial charge in [-0.3, -0.25) is 4.57 Å². The molecule has 1 fully saturated rings. The number of ether oxygens (including phenoxy) is 1. The highest BCUT2D eigenvalue weighted by atomic mass is 16.5. The van der Waals surface area contributed by atoms with Gasteiger partial charge in [-0.25, -0.2) is 4.79 Å². The number of aromatic nitrogens is 2. The van der Waals surface area contributed by atoms with Crippen molar-refractivity contribution in [1.29, 1.82) is 0 Å². The highest BCUT2D eigenvalue weighted by molar-refractivity contribution is 5.24. The molecular weight excluding hydrogens is 226 g/mol. The van der Waals surface area contributed by atoms with Crippen LogP contribution in [0.25, 0.3) is 0 Å². The van der Waals surface area contributed by atoms with E-state index in [1.54, 1.807) is 6.92 Å². The molecule has 0 saturated carbocycles. The Kier molecular flexibility index (Phi) is 2.90. The van der Waals surface area contributed by atoms with Crippen LogP contribution in [0.3, 0.4) is 0 Å². The molecule has 1 aliphatic rings. The summed E-state index contributed by atoms with van der Waals surface area (Å²) in [6.45, 7) is 1.51. The number of nitrogens with zero attached hydrogens (tertiary/aromatic N) is 2. The standard InChI is InChI=1S/C10H15N3O4/c1-10(5-17-6(4-14)8(10)15)13-3-2-7(11)12-9(13)16/h2-3,6,8,14-15H,4-5H2,1H3,(H2,11,12,16)/t6-,8-,10+/m1/s1. The Bertz CT molecular complexity index is 475. The lowest BCUT2D eigenvalue weighted by Gasteiger charge is -2.29. The van der Waals surface area contributed by atoms with Gasteiger partial charge < -0.3 is 20.7 Å². The highest BCUT2D eigenvalue weighted by Gasteiger charge is 2.47.